The summed E-state index contributed by atoms with van der Waals surface area (Å²) in [7, 11) is 1.57. The molecule has 0 bridgehead atoms. The fourth-order valence-electron chi connectivity index (χ4n) is 6.71. The normalized spacial score (nSPS) is 21.5. The van der Waals surface area contributed by atoms with Crippen LogP contribution in [0.3, 0.4) is 0 Å². The van der Waals surface area contributed by atoms with Crippen molar-refractivity contribution in [2.75, 3.05) is 13.7 Å². The Labute approximate surface area is 301 Å². The van der Waals surface area contributed by atoms with Crippen LogP contribution in [0.25, 0.3) is 22.2 Å². The van der Waals surface area contributed by atoms with Crippen molar-refractivity contribution in [3.63, 3.8) is 0 Å². The molecule has 270 valence electrons. The highest BCUT2D eigenvalue weighted by Crippen LogP contribution is 2.45. The van der Waals surface area contributed by atoms with E-state index >= 15 is 0 Å². The number of hydrogen-bond donors (Lipinski definition) is 4. The zero-order valence-electron chi connectivity index (χ0n) is 29.5. The quantitative estimate of drug-likeness (QED) is 0.158. The number of carbonyl (C=O) groups is 4. The van der Waals surface area contributed by atoms with Gasteiger partial charge >= 0.3 is 5.97 Å². The Hall–Kier alpha value is -5.91. The van der Waals surface area contributed by atoms with E-state index in [0.717, 1.165) is 5.56 Å². The monoisotopic (exact) mass is 706 g/mol. The first-order valence-corrected chi connectivity index (χ1v) is 17.0. The number of nitrogens with zero attached hydrogens (tertiary/aromatic N) is 2. The SMILES string of the molecule is C=C[C@H]1CC1(NC(=O)[C@@H]1C[C@@H](Oc2cc(-c3ccccc3)nc3cc(OC)ccc23)CN1C(=O)[C@@H](NC(=O)c1cccc(O)c1)C(C)(C)C)C(=O)O. The van der Waals surface area contributed by atoms with Crippen molar-refractivity contribution in [3.8, 4) is 28.5 Å². The average Bonchev–Trinajstić information content (AvgIpc) is 3.69. The number of likely N-dealkylation sites (tertiary alicyclic amines) is 1. The second kappa shape index (κ2) is 14.0. The van der Waals surface area contributed by atoms with Crippen LogP contribution in [0.1, 0.15) is 44.0 Å². The van der Waals surface area contributed by atoms with Crippen molar-refractivity contribution >= 4 is 34.6 Å². The molecule has 3 aromatic carbocycles. The molecule has 5 atom stereocenters. The number of carbonyl (C=O) groups excluding carboxylic acids is 3. The predicted octanol–water partition coefficient (Wildman–Crippen LogP) is 4.95. The maximum atomic E-state index is 14.6. The number of benzene rings is 3. The van der Waals surface area contributed by atoms with Crippen molar-refractivity contribution in [2.45, 2.75) is 57.3 Å². The summed E-state index contributed by atoms with van der Waals surface area (Å²) in [5, 5.41) is 26.2. The number of aromatic hydroxyl groups is 1. The highest BCUT2D eigenvalue weighted by Gasteiger charge is 2.61. The van der Waals surface area contributed by atoms with E-state index in [0.29, 0.717) is 28.1 Å². The molecule has 3 amide bonds. The molecule has 1 saturated carbocycles. The molecule has 52 heavy (non-hydrogen) atoms. The number of ether oxygens (including phenoxy) is 2. The summed E-state index contributed by atoms with van der Waals surface area (Å²) in [5.41, 5.74) is -0.0705. The zero-order chi connectivity index (χ0) is 37.4. The van der Waals surface area contributed by atoms with Gasteiger partial charge in [0.15, 0.2) is 0 Å². The number of amides is 3. The molecule has 4 N–H and O–H groups in total. The molecular weight excluding hydrogens is 664 g/mol. The lowest BCUT2D eigenvalue weighted by Gasteiger charge is -2.35. The van der Waals surface area contributed by atoms with E-state index in [2.05, 4.69) is 17.2 Å². The number of carboxylic acids is 1. The standard InChI is InChI=1S/C40H42N4O8/c1-6-25-21-40(25,38(49)50)43-36(47)32-19-28(22-44(32)37(48)34(39(2,3)4)42-35(46)24-13-10-14-26(45)17-24)52-33-20-30(23-11-8-7-9-12-23)41-31-18-27(51-5)15-16-29(31)33/h6-18,20,25,28,32,34,45H,1,19,21-22H2,2-5H3,(H,42,46)(H,43,47)(H,49,50)/t25-,28+,32-,34+,40?/m0/s1. The number of methoxy groups -OCH3 is 1. The molecule has 1 unspecified atom stereocenters. The summed E-state index contributed by atoms with van der Waals surface area (Å²) in [5.74, 6) is -2.44. The second-order valence-corrected chi connectivity index (χ2v) is 14.4. The number of phenolic OH excluding ortho intramolecular Hbond substituents is 1. The van der Waals surface area contributed by atoms with Gasteiger partial charge in [0.05, 0.1) is 24.9 Å². The van der Waals surface area contributed by atoms with Crippen molar-refractivity contribution in [3.05, 3.63) is 97.1 Å². The van der Waals surface area contributed by atoms with E-state index in [1.54, 1.807) is 40.0 Å². The summed E-state index contributed by atoms with van der Waals surface area (Å²) in [6.07, 6.45) is 1.02. The first-order valence-electron chi connectivity index (χ1n) is 17.0. The van der Waals surface area contributed by atoms with Crippen LogP contribution in [-0.2, 0) is 14.4 Å². The first-order chi connectivity index (χ1) is 24.7. The number of fused-ring (bicyclic) bond motifs is 1. The Morgan fingerprint density at radius 2 is 1.79 bits per heavy atom. The zero-order valence-corrected chi connectivity index (χ0v) is 29.5. The molecule has 1 aromatic heterocycles. The molecule has 1 aliphatic carbocycles. The van der Waals surface area contributed by atoms with Crippen LogP contribution in [0.2, 0.25) is 0 Å². The number of rotatable bonds is 11. The van der Waals surface area contributed by atoms with Crippen molar-refractivity contribution in [1.29, 1.82) is 0 Å². The molecule has 1 aliphatic heterocycles. The van der Waals surface area contributed by atoms with E-state index in [1.165, 1.54) is 35.2 Å². The van der Waals surface area contributed by atoms with E-state index in [9.17, 15) is 29.4 Å². The van der Waals surface area contributed by atoms with Gasteiger partial charge in [0.25, 0.3) is 5.91 Å². The third-order valence-corrected chi connectivity index (χ3v) is 9.71. The van der Waals surface area contributed by atoms with Gasteiger partial charge < -0.3 is 35.2 Å². The van der Waals surface area contributed by atoms with Gasteiger partial charge in [0, 0.05) is 41.0 Å². The Kier molecular flexibility index (Phi) is 9.67. The first kappa shape index (κ1) is 35.9. The Morgan fingerprint density at radius 3 is 2.42 bits per heavy atom. The van der Waals surface area contributed by atoms with Crippen LogP contribution in [0.5, 0.6) is 17.2 Å². The van der Waals surface area contributed by atoms with Crippen LogP contribution in [0, 0.1) is 11.3 Å². The molecule has 0 spiro atoms. The Balaban J connectivity index is 1.35. The van der Waals surface area contributed by atoms with Gasteiger partial charge in [-0.05, 0) is 42.2 Å². The molecule has 6 rings (SSSR count). The fraction of sp³-hybridized carbons (Fsp3) is 0.325. The van der Waals surface area contributed by atoms with Crippen LogP contribution in [0.15, 0.2) is 91.5 Å². The fourth-order valence-corrected chi connectivity index (χ4v) is 6.71. The third kappa shape index (κ3) is 7.14. The van der Waals surface area contributed by atoms with Gasteiger partial charge in [0.1, 0.15) is 41.0 Å². The van der Waals surface area contributed by atoms with Gasteiger partial charge in [-0.3, -0.25) is 14.4 Å². The summed E-state index contributed by atoms with van der Waals surface area (Å²) in [6, 6.07) is 20.4. The molecular formula is C40H42N4O8. The minimum atomic E-state index is -1.52. The van der Waals surface area contributed by atoms with Gasteiger partial charge in [-0.2, -0.15) is 0 Å². The Bertz CT molecular complexity index is 2040. The summed E-state index contributed by atoms with van der Waals surface area (Å²) < 4.78 is 12.1. The van der Waals surface area contributed by atoms with Gasteiger partial charge in [-0.1, -0.05) is 63.2 Å². The summed E-state index contributed by atoms with van der Waals surface area (Å²) in [6.45, 7) is 9.05. The second-order valence-electron chi connectivity index (χ2n) is 14.4. The lowest BCUT2D eigenvalue weighted by Crippen LogP contribution is -2.59. The topological polar surface area (TPSA) is 167 Å². The van der Waals surface area contributed by atoms with Crippen LogP contribution in [-0.4, -0.2) is 81.2 Å². The molecule has 2 heterocycles. The number of aromatic nitrogens is 1. The highest BCUT2D eigenvalue weighted by molar-refractivity contribution is 6.00. The molecule has 12 nitrogen and oxygen atoms in total. The minimum Gasteiger partial charge on any atom is -0.508 e. The van der Waals surface area contributed by atoms with E-state index in [1.807, 2.05) is 42.5 Å². The van der Waals surface area contributed by atoms with Crippen molar-refractivity contribution < 1.29 is 38.9 Å². The van der Waals surface area contributed by atoms with Gasteiger partial charge in [-0.25, -0.2) is 9.78 Å². The number of nitrogens with one attached hydrogen (secondary N) is 2. The maximum absolute atomic E-state index is 14.6. The summed E-state index contributed by atoms with van der Waals surface area (Å²) in [4.78, 5) is 60.5. The molecule has 1 saturated heterocycles. The number of aliphatic carboxylic acids is 1. The lowest BCUT2D eigenvalue weighted by molar-refractivity contribution is -0.146. The molecule has 2 aliphatic rings. The largest absolute Gasteiger partial charge is 0.508 e. The predicted molar refractivity (Wildman–Crippen MR) is 194 cm³/mol. The molecule has 12 heteroatoms. The molecule has 0 radical (unpaired) electrons. The Morgan fingerprint density at radius 1 is 1.04 bits per heavy atom. The molecule has 4 aromatic rings. The lowest BCUT2D eigenvalue weighted by atomic mass is 9.85. The number of phenols is 1. The number of carboxylic acid groups (broad SMARTS) is 1. The number of pyridine rings is 1. The minimum absolute atomic E-state index is 0.0307. The van der Waals surface area contributed by atoms with Crippen molar-refractivity contribution in [2.24, 2.45) is 11.3 Å². The molecule has 2 fully saturated rings. The smallest absolute Gasteiger partial charge is 0.330 e. The van der Waals surface area contributed by atoms with Gasteiger partial charge in [-0.15, -0.1) is 6.58 Å². The van der Waals surface area contributed by atoms with E-state index in [-0.39, 0.29) is 30.7 Å². The van der Waals surface area contributed by atoms with E-state index in [4.69, 9.17) is 14.5 Å². The summed E-state index contributed by atoms with van der Waals surface area (Å²) >= 11 is 0. The van der Waals surface area contributed by atoms with Crippen LogP contribution >= 0.6 is 0 Å². The van der Waals surface area contributed by atoms with E-state index < -0.39 is 58.8 Å². The van der Waals surface area contributed by atoms with Crippen molar-refractivity contribution in [1.82, 2.24) is 20.5 Å². The maximum Gasteiger partial charge on any atom is 0.330 e. The van der Waals surface area contributed by atoms with Gasteiger partial charge in [0.2, 0.25) is 11.8 Å². The van der Waals surface area contributed by atoms with Crippen LogP contribution in [0.4, 0.5) is 0 Å². The number of hydrogen-bond acceptors (Lipinski definition) is 8. The average molecular weight is 707 g/mol. The highest BCUT2D eigenvalue weighted by atomic mass is 16.5. The van der Waals surface area contributed by atoms with Crippen LogP contribution < -0.4 is 20.1 Å². The third-order valence-electron chi connectivity index (χ3n) is 9.71.